The summed E-state index contributed by atoms with van der Waals surface area (Å²) in [7, 11) is 1.65. The third kappa shape index (κ3) is 3.23. The van der Waals surface area contributed by atoms with Gasteiger partial charge in [0.15, 0.2) is 0 Å². The summed E-state index contributed by atoms with van der Waals surface area (Å²) in [6.45, 7) is 4.44. The number of rotatable bonds is 4. The molecule has 0 fully saturated rings. The van der Waals surface area contributed by atoms with Gasteiger partial charge in [0.05, 0.1) is 12.8 Å². The van der Waals surface area contributed by atoms with Crippen LogP contribution in [-0.2, 0) is 6.61 Å². The number of ether oxygens (including phenoxy) is 2. The quantitative estimate of drug-likeness (QED) is 0.825. The van der Waals surface area contributed by atoms with E-state index in [0.717, 1.165) is 22.9 Å². The molecule has 0 saturated carbocycles. The summed E-state index contributed by atoms with van der Waals surface area (Å²) in [4.78, 5) is 4.41. The van der Waals surface area contributed by atoms with E-state index >= 15 is 0 Å². The molecule has 3 heteroatoms. The number of aryl methyl sites for hydroxylation is 2. The normalized spacial score (nSPS) is 10.2. The Labute approximate surface area is 107 Å². The average molecular weight is 243 g/mol. The molecule has 0 aliphatic rings. The van der Waals surface area contributed by atoms with Crippen molar-refractivity contribution >= 4 is 0 Å². The van der Waals surface area contributed by atoms with E-state index in [-0.39, 0.29) is 0 Å². The number of benzene rings is 1. The summed E-state index contributed by atoms with van der Waals surface area (Å²) < 4.78 is 10.9. The Bertz CT molecular complexity index is 521. The molecule has 0 radical (unpaired) electrons. The number of methoxy groups -OCH3 is 1. The second-order valence-corrected chi connectivity index (χ2v) is 4.24. The van der Waals surface area contributed by atoms with Gasteiger partial charge in [0.2, 0.25) is 0 Å². The molecule has 0 N–H and O–H groups in total. The van der Waals surface area contributed by atoms with Crippen molar-refractivity contribution in [2.75, 3.05) is 7.11 Å². The van der Waals surface area contributed by atoms with Crippen LogP contribution in [0.4, 0.5) is 0 Å². The zero-order valence-electron chi connectivity index (χ0n) is 10.9. The first-order valence-corrected chi connectivity index (χ1v) is 5.88. The maximum absolute atomic E-state index is 5.68. The summed E-state index contributed by atoms with van der Waals surface area (Å²) in [5, 5.41) is 0. The minimum atomic E-state index is 0.446. The highest BCUT2D eigenvalue weighted by Crippen LogP contribution is 2.16. The van der Waals surface area contributed by atoms with Gasteiger partial charge in [-0.15, -0.1) is 0 Å². The standard InChI is InChI=1S/C15H17NO2/c1-11-4-6-14(7-5-11)18-10-13-9-15(17-3)8-12(2)16-13/h4-9H,10H2,1-3H3. The van der Waals surface area contributed by atoms with Crippen molar-refractivity contribution in [1.29, 1.82) is 0 Å². The molecule has 2 aromatic rings. The van der Waals surface area contributed by atoms with E-state index in [2.05, 4.69) is 11.9 Å². The molecule has 0 spiro atoms. The van der Waals surface area contributed by atoms with E-state index < -0.39 is 0 Å². The molecule has 1 aromatic carbocycles. The zero-order chi connectivity index (χ0) is 13.0. The lowest BCUT2D eigenvalue weighted by atomic mass is 10.2. The summed E-state index contributed by atoms with van der Waals surface area (Å²) in [6.07, 6.45) is 0. The number of hydrogen-bond donors (Lipinski definition) is 0. The Morgan fingerprint density at radius 2 is 1.72 bits per heavy atom. The fourth-order valence-corrected chi connectivity index (χ4v) is 1.69. The lowest BCUT2D eigenvalue weighted by molar-refractivity contribution is 0.300. The maximum Gasteiger partial charge on any atom is 0.130 e. The van der Waals surface area contributed by atoms with Crippen LogP contribution < -0.4 is 9.47 Å². The van der Waals surface area contributed by atoms with Gasteiger partial charge in [0.1, 0.15) is 18.1 Å². The van der Waals surface area contributed by atoms with Crippen LogP contribution in [0.5, 0.6) is 11.5 Å². The molecular formula is C15H17NO2. The van der Waals surface area contributed by atoms with Crippen molar-refractivity contribution in [3.8, 4) is 11.5 Å². The highest BCUT2D eigenvalue weighted by atomic mass is 16.5. The Balaban J connectivity index is 2.05. The third-order valence-corrected chi connectivity index (χ3v) is 2.62. The zero-order valence-corrected chi connectivity index (χ0v) is 10.9. The van der Waals surface area contributed by atoms with Crippen molar-refractivity contribution in [2.24, 2.45) is 0 Å². The molecule has 18 heavy (non-hydrogen) atoms. The molecule has 94 valence electrons. The molecule has 2 rings (SSSR count). The number of aromatic nitrogens is 1. The van der Waals surface area contributed by atoms with Gasteiger partial charge >= 0.3 is 0 Å². The van der Waals surface area contributed by atoms with Gasteiger partial charge in [-0.1, -0.05) is 17.7 Å². The van der Waals surface area contributed by atoms with Crippen LogP contribution in [0, 0.1) is 13.8 Å². The van der Waals surface area contributed by atoms with E-state index in [4.69, 9.17) is 9.47 Å². The minimum Gasteiger partial charge on any atom is -0.497 e. The molecule has 0 bridgehead atoms. The fourth-order valence-electron chi connectivity index (χ4n) is 1.69. The lowest BCUT2D eigenvalue weighted by Gasteiger charge is -2.08. The van der Waals surface area contributed by atoms with Crippen LogP contribution in [0.1, 0.15) is 17.0 Å². The van der Waals surface area contributed by atoms with Gasteiger partial charge < -0.3 is 9.47 Å². The first-order chi connectivity index (χ1) is 8.67. The van der Waals surface area contributed by atoms with Gasteiger partial charge in [-0.05, 0) is 26.0 Å². The van der Waals surface area contributed by atoms with Gasteiger partial charge in [0, 0.05) is 17.8 Å². The molecule has 3 nitrogen and oxygen atoms in total. The summed E-state index contributed by atoms with van der Waals surface area (Å²) in [6, 6.07) is 11.8. The molecular weight excluding hydrogens is 226 g/mol. The van der Waals surface area contributed by atoms with Crippen molar-refractivity contribution in [1.82, 2.24) is 4.98 Å². The molecule has 1 heterocycles. The van der Waals surface area contributed by atoms with Crippen molar-refractivity contribution in [3.63, 3.8) is 0 Å². The van der Waals surface area contributed by atoms with Crippen molar-refractivity contribution in [3.05, 3.63) is 53.3 Å². The monoisotopic (exact) mass is 243 g/mol. The third-order valence-electron chi connectivity index (χ3n) is 2.62. The first-order valence-electron chi connectivity index (χ1n) is 5.88. The summed E-state index contributed by atoms with van der Waals surface area (Å²) >= 11 is 0. The SMILES string of the molecule is COc1cc(C)nc(COc2ccc(C)cc2)c1. The second-order valence-electron chi connectivity index (χ2n) is 4.24. The lowest BCUT2D eigenvalue weighted by Crippen LogP contribution is -2.00. The average Bonchev–Trinajstić information content (AvgIpc) is 2.37. The molecule has 0 unspecified atom stereocenters. The van der Waals surface area contributed by atoms with Crippen LogP contribution in [0.2, 0.25) is 0 Å². The van der Waals surface area contributed by atoms with Gasteiger partial charge in [-0.25, -0.2) is 0 Å². The highest BCUT2D eigenvalue weighted by Gasteiger charge is 2.01. The van der Waals surface area contributed by atoms with Gasteiger partial charge in [-0.2, -0.15) is 0 Å². The molecule has 0 atom stereocenters. The van der Waals surface area contributed by atoms with Crippen LogP contribution in [0.15, 0.2) is 36.4 Å². The summed E-state index contributed by atoms with van der Waals surface area (Å²) in [5.74, 6) is 1.66. The van der Waals surface area contributed by atoms with Crippen molar-refractivity contribution in [2.45, 2.75) is 20.5 Å². The minimum absolute atomic E-state index is 0.446. The smallest absolute Gasteiger partial charge is 0.130 e. The number of pyridine rings is 1. The van der Waals surface area contributed by atoms with Crippen LogP contribution in [0.3, 0.4) is 0 Å². The Hall–Kier alpha value is -2.03. The Morgan fingerprint density at radius 3 is 2.39 bits per heavy atom. The topological polar surface area (TPSA) is 31.4 Å². The Kier molecular flexibility index (Phi) is 3.82. The molecule has 0 amide bonds. The van der Waals surface area contributed by atoms with Gasteiger partial charge in [-0.3, -0.25) is 4.98 Å². The van der Waals surface area contributed by atoms with Crippen LogP contribution >= 0.6 is 0 Å². The molecule has 1 aromatic heterocycles. The van der Waals surface area contributed by atoms with E-state index in [0.29, 0.717) is 6.61 Å². The predicted octanol–water partition coefficient (Wildman–Crippen LogP) is 3.29. The van der Waals surface area contributed by atoms with Crippen LogP contribution in [-0.4, -0.2) is 12.1 Å². The highest BCUT2D eigenvalue weighted by molar-refractivity contribution is 5.28. The first kappa shape index (κ1) is 12.4. The predicted molar refractivity (Wildman–Crippen MR) is 71.0 cm³/mol. The largest absolute Gasteiger partial charge is 0.497 e. The molecule has 0 aliphatic heterocycles. The van der Waals surface area contributed by atoms with E-state index in [1.165, 1.54) is 5.56 Å². The molecule has 0 aliphatic carbocycles. The Morgan fingerprint density at radius 1 is 1.00 bits per heavy atom. The van der Waals surface area contributed by atoms with Crippen molar-refractivity contribution < 1.29 is 9.47 Å². The number of nitrogens with zero attached hydrogens (tertiary/aromatic N) is 1. The van der Waals surface area contributed by atoms with E-state index in [9.17, 15) is 0 Å². The fraction of sp³-hybridized carbons (Fsp3) is 0.267. The summed E-state index contributed by atoms with van der Waals surface area (Å²) in [5.41, 5.74) is 3.02. The maximum atomic E-state index is 5.68. The van der Waals surface area contributed by atoms with E-state index in [1.807, 2.05) is 43.3 Å². The van der Waals surface area contributed by atoms with Gasteiger partial charge in [0.25, 0.3) is 0 Å². The number of hydrogen-bond acceptors (Lipinski definition) is 3. The molecule has 0 saturated heterocycles. The van der Waals surface area contributed by atoms with E-state index in [1.54, 1.807) is 7.11 Å². The second kappa shape index (κ2) is 5.54. The van der Waals surface area contributed by atoms with Crippen LogP contribution in [0.25, 0.3) is 0 Å².